The van der Waals surface area contributed by atoms with Crippen LogP contribution in [-0.2, 0) is 4.74 Å². The Hall–Kier alpha value is -0.160. The quantitative estimate of drug-likeness (QED) is 0.765. The van der Waals surface area contributed by atoms with E-state index >= 15 is 0 Å². The van der Waals surface area contributed by atoms with Crippen molar-refractivity contribution in [3.05, 3.63) is 0 Å². The first-order valence-corrected chi connectivity index (χ1v) is 6.91. The fourth-order valence-corrected chi connectivity index (χ4v) is 3.42. The van der Waals surface area contributed by atoms with Crippen LogP contribution in [0.1, 0.15) is 26.2 Å². The number of hydrogen-bond acceptors (Lipinski definition) is 4. The van der Waals surface area contributed by atoms with Gasteiger partial charge in [-0.05, 0) is 39.8 Å². The average Bonchev–Trinajstić information content (AvgIpc) is 2.51. The number of likely N-dealkylation sites (N-methyl/N-ethyl adjacent to an activating group) is 1. The van der Waals surface area contributed by atoms with Crippen LogP contribution in [0.3, 0.4) is 0 Å². The predicted octanol–water partition coefficient (Wildman–Crippen LogP) is 0.520. The van der Waals surface area contributed by atoms with Crippen molar-refractivity contribution in [1.29, 1.82) is 0 Å². The SMILES string of the molecule is CC1CN(C)CCCN1C1(CN)CCCOC1. The zero-order chi connectivity index (χ0) is 12.3. The standard InChI is InChI=1S/C13H27N3O/c1-12-9-15(2)6-4-7-16(12)13(10-14)5-3-8-17-11-13/h12H,3-11,14H2,1-2H3. The summed E-state index contributed by atoms with van der Waals surface area (Å²) in [5, 5.41) is 0. The van der Waals surface area contributed by atoms with Crippen LogP contribution in [0.15, 0.2) is 0 Å². The van der Waals surface area contributed by atoms with Crippen LogP contribution in [0.25, 0.3) is 0 Å². The summed E-state index contributed by atoms with van der Waals surface area (Å²) in [6.45, 7) is 8.27. The van der Waals surface area contributed by atoms with Crippen molar-refractivity contribution in [2.24, 2.45) is 5.73 Å². The molecular formula is C13H27N3O. The Morgan fingerprint density at radius 1 is 1.35 bits per heavy atom. The average molecular weight is 241 g/mol. The van der Waals surface area contributed by atoms with Gasteiger partial charge in [0.1, 0.15) is 0 Å². The van der Waals surface area contributed by atoms with Gasteiger partial charge < -0.3 is 15.4 Å². The fourth-order valence-electron chi connectivity index (χ4n) is 3.42. The Kier molecular flexibility index (Phi) is 4.42. The zero-order valence-corrected chi connectivity index (χ0v) is 11.3. The van der Waals surface area contributed by atoms with Gasteiger partial charge in [-0.3, -0.25) is 4.90 Å². The predicted molar refractivity (Wildman–Crippen MR) is 70.1 cm³/mol. The number of nitrogens with zero attached hydrogens (tertiary/aromatic N) is 2. The molecule has 2 heterocycles. The van der Waals surface area contributed by atoms with Crippen molar-refractivity contribution in [2.45, 2.75) is 37.8 Å². The maximum absolute atomic E-state index is 6.08. The minimum Gasteiger partial charge on any atom is -0.379 e. The summed E-state index contributed by atoms with van der Waals surface area (Å²) >= 11 is 0. The smallest absolute Gasteiger partial charge is 0.0662 e. The van der Waals surface area contributed by atoms with Gasteiger partial charge in [0.15, 0.2) is 0 Å². The Balaban J connectivity index is 2.11. The summed E-state index contributed by atoms with van der Waals surface area (Å²) in [4.78, 5) is 5.05. The van der Waals surface area contributed by atoms with Gasteiger partial charge in [-0.2, -0.15) is 0 Å². The topological polar surface area (TPSA) is 41.7 Å². The molecule has 0 aromatic rings. The lowest BCUT2D eigenvalue weighted by atomic mass is 9.89. The molecule has 100 valence electrons. The van der Waals surface area contributed by atoms with Gasteiger partial charge >= 0.3 is 0 Å². The normalized spacial score (nSPS) is 37.9. The van der Waals surface area contributed by atoms with E-state index in [0.29, 0.717) is 6.04 Å². The van der Waals surface area contributed by atoms with Gasteiger partial charge in [0.05, 0.1) is 12.1 Å². The van der Waals surface area contributed by atoms with E-state index in [4.69, 9.17) is 10.5 Å². The molecule has 2 fully saturated rings. The molecule has 0 radical (unpaired) electrons. The molecule has 2 saturated heterocycles. The van der Waals surface area contributed by atoms with Crippen LogP contribution in [0, 0.1) is 0 Å². The van der Waals surface area contributed by atoms with Crippen LogP contribution in [0.4, 0.5) is 0 Å². The Morgan fingerprint density at radius 2 is 2.18 bits per heavy atom. The van der Waals surface area contributed by atoms with E-state index in [1.54, 1.807) is 0 Å². The molecule has 0 amide bonds. The molecular weight excluding hydrogens is 214 g/mol. The molecule has 0 aliphatic carbocycles. The molecule has 0 saturated carbocycles. The van der Waals surface area contributed by atoms with E-state index in [-0.39, 0.29) is 5.54 Å². The van der Waals surface area contributed by atoms with Crippen molar-refractivity contribution < 1.29 is 4.74 Å². The molecule has 2 unspecified atom stereocenters. The lowest BCUT2D eigenvalue weighted by Crippen LogP contribution is -2.62. The van der Waals surface area contributed by atoms with E-state index in [1.807, 2.05) is 0 Å². The maximum Gasteiger partial charge on any atom is 0.0662 e. The highest BCUT2D eigenvalue weighted by Gasteiger charge is 2.40. The van der Waals surface area contributed by atoms with Crippen molar-refractivity contribution >= 4 is 0 Å². The van der Waals surface area contributed by atoms with E-state index in [9.17, 15) is 0 Å². The molecule has 0 spiro atoms. The third-order valence-electron chi connectivity index (χ3n) is 4.34. The Morgan fingerprint density at radius 3 is 2.82 bits per heavy atom. The lowest BCUT2D eigenvalue weighted by molar-refractivity contribution is -0.0588. The first-order chi connectivity index (χ1) is 8.18. The van der Waals surface area contributed by atoms with Gasteiger partial charge in [-0.15, -0.1) is 0 Å². The van der Waals surface area contributed by atoms with Crippen LogP contribution in [-0.4, -0.2) is 67.8 Å². The van der Waals surface area contributed by atoms with Crippen molar-refractivity contribution in [3.63, 3.8) is 0 Å². The molecule has 0 bridgehead atoms. The summed E-state index contributed by atoms with van der Waals surface area (Å²) in [6.07, 6.45) is 3.58. The third kappa shape index (κ3) is 2.81. The first kappa shape index (κ1) is 13.3. The summed E-state index contributed by atoms with van der Waals surface area (Å²) in [5.74, 6) is 0. The van der Waals surface area contributed by atoms with Crippen LogP contribution in [0.5, 0.6) is 0 Å². The number of hydrogen-bond donors (Lipinski definition) is 1. The second-order valence-electron chi connectivity index (χ2n) is 5.74. The molecule has 2 atom stereocenters. The molecule has 0 aromatic heterocycles. The monoisotopic (exact) mass is 241 g/mol. The fraction of sp³-hybridized carbons (Fsp3) is 1.00. The third-order valence-corrected chi connectivity index (χ3v) is 4.34. The number of nitrogens with two attached hydrogens (primary N) is 1. The molecule has 2 aliphatic heterocycles. The van der Waals surface area contributed by atoms with Gasteiger partial charge in [0, 0.05) is 32.3 Å². The van der Waals surface area contributed by atoms with Gasteiger partial charge in [-0.1, -0.05) is 0 Å². The summed E-state index contributed by atoms with van der Waals surface area (Å²) in [6, 6.07) is 0.577. The van der Waals surface area contributed by atoms with Crippen LogP contribution >= 0.6 is 0 Å². The molecule has 17 heavy (non-hydrogen) atoms. The van der Waals surface area contributed by atoms with E-state index in [2.05, 4.69) is 23.8 Å². The van der Waals surface area contributed by atoms with Crippen LogP contribution < -0.4 is 5.73 Å². The van der Waals surface area contributed by atoms with E-state index < -0.39 is 0 Å². The van der Waals surface area contributed by atoms with Crippen LogP contribution in [0.2, 0.25) is 0 Å². The summed E-state index contributed by atoms with van der Waals surface area (Å²) in [5.41, 5.74) is 6.18. The van der Waals surface area contributed by atoms with Gasteiger partial charge in [-0.25, -0.2) is 0 Å². The Labute approximate surface area is 105 Å². The zero-order valence-electron chi connectivity index (χ0n) is 11.3. The highest BCUT2D eigenvalue weighted by Crippen LogP contribution is 2.29. The second-order valence-corrected chi connectivity index (χ2v) is 5.74. The lowest BCUT2D eigenvalue weighted by Gasteiger charge is -2.48. The molecule has 0 aromatic carbocycles. The minimum absolute atomic E-state index is 0.100. The maximum atomic E-state index is 6.08. The molecule has 2 aliphatic rings. The largest absolute Gasteiger partial charge is 0.379 e. The minimum atomic E-state index is 0.100. The van der Waals surface area contributed by atoms with Crippen molar-refractivity contribution in [3.8, 4) is 0 Å². The van der Waals surface area contributed by atoms with Crippen molar-refractivity contribution in [2.75, 3.05) is 46.4 Å². The first-order valence-electron chi connectivity index (χ1n) is 6.91. The second kappa shape index (κ2) is 5.65. The van der Waals surface area contributed by atoms with E-state index in [1.165, 1.54) is 19.4 Å². The highest BCUT2D eigenvalue weighted by atomic mass is 16.5. The van der Waals surface area contributed by atoms with Gasteiger partial charge in [0.25, 0.3) is 0 Å². The number of ether oxygens (including phenoxy) is 1. The van der Waals surface area contributed by atoms with Gasteiger partial charge in [0.2, 0.25) is 0 Å². The van der Waals surface area contributed by atoms with Crippen molar-refractivity contribution in [1.82, 2.24) is 9.80 Å². The molecule has 2 N–H and O–H groups in total. The highest BCUT2D eigenvalue weighted by molar-refractivity contribution is 4.97. The summed E-state index contributed by atoms with van der Waals surface area (Å²) in [7, 11) is 2.21. The summed E-state index contributed by atoms with van der Waals surface area (Å²) < 4.78 is 5.71. The molecule has 2 rings (SSSR count). The Bertz CT molecular complexity index is 241. The molecule has 4 nitrogen and oxygen atoms in total. The van der Waals surface area contributed by atoms with E-state index in [0.717, 1.165) is 39.3 Å². The number of rotatable bonds is 2. The molecule has 4 heteroatoms.